The predicted molar refractivity (Wildman–Crippen MR) is 110 cm³/mol. The number of aliphatic carboxylic acids is 2. The van der Waals surface area contributed by atoms with Crippen LogP contribution in [0.1, 0.15) is 32.1 Å². The largest absolute Gasteiger partial charge is 0.822 e. The smallest absolute Gasteiger partial charge is 0.320 e. The monoisotopic (exact) mass is 597 g/mol. The minimum Gasteiger partial charge on any atom is -0.822 e. The van der Waals surface area contributed by atoms with Crippen molar-refractivity contribution in [2.75, 3.05) is 19.7 Å². The summed E-state index contributed by atoms with van der Waals surface area (Å²) in [6, 6.07) is -2.13. The van der Waals surface area contributed by atoms with Gasteiger partial charge in [-0.1, -0.05) is 6.42 Å². The number of aliphatic hydroxyl groups is 4. The van der Waals surface area contributed by atoms with E-state index in [2.05, 4.69) is 5.32 Å². The minimum absolute atomic E-state index is 0. The first-order chi connectivity index (χ1) is 16.1. The maximum atomic E-state index is 10.1. The molecular weight excluding hydrogens is 563 g/mol. The summed E-state index contributed by atoms with van der Waals surface area (Å²) in [5, 5.41) is 57.3. The van der Waals surface area contributed by atoms with Crippen molar-refractivity contribution in [3.05, 3.63) is 0 Å². The molecule has 221 valence electrons. The van der Waals surface area contributed by atoms with Crippen molar-refractivity contribution in [2.45, 2.75) is 74.8 Å². The van der Waals surface area contributed by atoms with Gasteiger partial charge in [0, 0.05) is 23.1 Å². The Balaban J connectivity index is -0.000000416. The topological polar surface area (TPSA) is 344 Å². The average molecular weight is 598 g/mol. The van der Waals surface area contributed by atoms with Crippen LogP contribution >= 0.6 is 7.82 Å². The van der Waals surface area contributed by atoms with E-state index in [0.29, 0.717) is 13.0 Å². The van der Waals surface area contributed by atoms with Gasteiger partial charge in [0.2, 0.25) is 0 Å². The second-order valence-corrected chi connectivity index (χ2v) is 8.35. The molecule has 19 heteroatoms. The number of unbranched alkanes of at least 4 members (excludes halogenated alkanes) is 1. The Kier molecular flexibility index (Phi) is 23.4. The summed E-state index contributed by atoms with van der Waals surface area (Å²) >= 11 is 0. The molecule has 0 aromatic carbocycles. The molecule has 1 radical (unpaired) electrons. The van der Waals surface area contributed by atoms with Gasteiger partial charge in [-0.3, -0.25) is 4.79 Å². The van der Waals surface area contributed by atoms with Crippen LogP contribution in [-0.2, 0) is 36.0 Å². The van der Waals surface area contributed by atoms with Gasteiger partial charge in [0.1, 0.15) is 24.4 Å². The Morgan fingerprint density at radius 2 is 1.67 bits per heavy atom. The van der Waals surface area contributed by atoms with Crippen LogP contribution < -0.4 is 42.3 Å². The summed E-state index contributed by atoms with van der Waals surface area (Å²) in [5.41, 5.74) is 15.6. The van der Waals surface area contributed by atoms with Crippen LogP contribution in [0.15, 0.2) is 0 Å². The van der Waals surface area contributed by atoms with E-state index in [1.807, 2.05) is 0 Å². The van der Waals surface area contributed by atoms with E-state index in [-0.39, 0.29) is 23.1 Å². The number of nitrogens with one attached hydrogen (secondary N) is 1. The van der Waals surface area contributed by atoms with Gasteiger partial charge in [0.25, 0.3) is 0 Å². The molecule has 2 aliphatic rings. The number of carbonyl (C=O) groups is 2. The Morgan fingerprint density at radius 3 is 2.00 bits per heavy atom. The normalized spacial score (nSPS) is 27.9. The third-order valence-electron chi connectivity index (χ3n) is 4.58. The average Bonchev–Trinajstić information content (AvgIpc) is 3.30. The molecule has 2 saturated heterocycles. The van der Waals surface area contributed by atoms with Crippen molar-refractivity contribution >= 4 is 19.8 Å². The molecular formula is C17H35CuN4O13P-4. The first kappa shape index (κ1) is 39.7. The molecule has 0 aliphatic carbocycles. The zero-order valence-corrected chi connectivity index (χ0v) is 21.0. The van der Waals surface area contributed by atoms with Crippen molar-refractivity contribution in [3.63, 3.8) is 0 Å². The predicted octanol–water partition coefficient (Wildman–Crippen LogP) is -8.07. The summed E-state index contributed by atoms with van der Waals surface area (Å²) in [7, 11) is -5.39. The fourth-order valence-corrected chi connectivity index (χ4v) is 2.64. The van der Waals surface area contributed by atoms with E-state index in [1.165, 1.54) is 0 Å². The van der Waals surface area contributed by atoms with Crippen LogP contribution in [0.25, 0.3) is 0 Å². The number of phosphoric acid groups is 1. The van der Waals surface area contributed by atoms with Crippen molar-refractivity contribution in [1.29, 1.82) is 0 Å². The van der Waals surface area contributed by atoms with E-state index in [9.17, 15) is 24.9 Å². The molecule has 0 aromatic heterocycles. The minimum atomic E-state index is -5.39. The number of ether oxygens (including phenoxy) is 1. The molecule has 0 aromatic rings. The molecule has 17 nitrogen and oxygen atoms in total. The zero-order valence-electron chi connectivity index (χ0n) is 19.2. The maximum absolute atomic E-state index is 10.1. The van der Waals surface area contributed by atoms with Crippen molar-refractivity contribution in [3.8, 4) is 0 Å². The van der Waals surface area contributed by atoms with Crippen LogP contribution in [0.3, 0.4) is 0 Å². The van der Waals surface area contributed by atoms with Crippen LogP contribution in [0, 0.1) is 0 Å². The molecule has 2 unspecified atom stereocenters. The Labute approximate surface area is 218 Å². The molecule has 12 N–H and O–H groups in total. The number of rotatable bonds is 7. The van der Waals surface area contributed by atoms with Gasteiger partial charge in [-0.2, -0.15) is 7.82 Å². The fourth-order valence-electron chi connectivity index (χ4n) is 2.64. The number of carboxylic acids is 2. The fraction of sp³-hybridized carbons (Fsp3) is 0.882. The molecule has 0 saturated carbocycles. The van der Waals surface area contributed by atoms with Gasteiger partial charge >= 0.3 is 5.97 Å². The van der Waals surface area contributed by atoms with Crippen LogP contribution in [-0.4, -0.2) is 99.9 Å². The summed E-state index contributed by atoms with van der Waals surface area (Å²) in [4.78, 5) is 45.8. The summed E-state index contributed by atoms with van der Waals surface area (Å²) in [6.07, 6.45) is -1.03. The maximum Gasteiger partial charge on any atom is 0.320 e. The second-order valence-electron chi connectivity index (χ2n) is 7.45. The molecule has 2 heterocycles. The van der Waals surface area contributed by atoms with Gasteiger partial charge < -0.3 is 81.9 Å². The summed E-state index contributed by atoms with van der Waals surface area (Å²) < 4.78 is 13.2. The summed E-state index contributed by atoms with van der Waals surface area (Å²) in [5.74, 6) is -1.90. The van der Waals surface area contributed by atoms with Crippen molar-refractivity contribution in [1.82, 2.24) is 5.32 Å². The quantitative estimate of drug-likeness (QED) is 0.0746. The molecule has 2 aliphatic heterocycles. The molecule has 0 amide bonds. The Morgan fingerprint density at radius 1 is 1.14 bits per heavy atom. The number of carboxylic acid groups (broad SMARTS) is 2. The number of aliphatic hydroxyl groups excluding tert-OH is 4. The SMILES string of the molecule is NCCCCC(N)C(=O)[O-].N[C@H]1C(O)O[C@H](CO)[C@@H](O)[C@@H]1O.O=C(O)[C@@H]1CCCN1.O=P([O-])([O-])[O-].[Cu]. The molecule has 0 spiro atoms. The number of nitrogens with two attached hydrogens (primary N) is 3. The zero-order chi connectivity index (χ0) is 27.8. The first-order valence-corrected chi connectivity index (χ1v) is 11.9. The van der Waals surface area contributed by atoms with Gasteiger partial charge in [-0.05, 0) is 38.8 Å². The van der Waals surface area contributed by atoms with E-state index in [1.54, 1.807) is 0 Å². The van der Waals surface area contributed by atoms with E-state index < -0.39 is 63.1 Å². The third kappa shape index (κ3) is 20.3. The molecule has 36 heavy (non-hydrogen) atoms. The van der Waals surface area contributed by atoms with Gasteiger partial charge in [0.05, 0.1) is 18.6 Å². The third-order valence-corrected chi connectivity index (χ3v) is 4.58. The van der Waals surface area contributed by atoms with Gasteiger partial charge in [-0.15, -0.1) is 0 Å². The van der Waals surface area contributed by atoms with Gasteiger partial charge in [-0.25, -0.2) is 0 Å². The molecule has 7 atom stereocenters. The Hall–Kier alpha value is -0.791. The molecule has 2 rings (SSSR count). The van der Waals surface area contributed by atoms with E-state index in [0.717, 1.165) is 32.2 Å². The second kappa shape index (κ2) is 21.2. The number of hydrogen-bond donors (Lipinski definition) is 9. The van der Waals surface area contributed by atoms with E-state index in [4.69, 9.17) is 56.5 Å². The number of hydrogen-bond acceptors (Lipinski definition) is 16. The van der Waals surface area contributed by atoms with E-state index >= 15 is 0 Å². The number of carbonyl (C=O) groups excluding carboxylic acids is 1. The van der Waals surface area contributed by atoms with Crippen LogP contribution in [0.4, 0.5) is 0 Å². The standard InChI is InChI=1S/C6H14N2O2.C6H13NO5.C5H9NO2.Cu.H3O4P/c7-4-2-1-3-5(8)6(9)10;7-3-5(10)4(9)2(1-8)12-6(3)11;7-5(8)4-2-1-3-6-4;;1-5(2,3)4/h5H,1-4,7-8H2,(H,9,10);2-6,8-11H,1,7H2;4,6H,1-3H2,(H,7,8);;(H3,1,2,3,4)/p-4/t;2-,3-,4-,5-,6?;4-;;/m.10../s1. The van der Waals surface area contributed by atoms with Crippen LogP contribution in [0.2, 0.25) is 0 Å². The van der Waals surface area contributed by atoms with Crippen molar-refractivity contribution < 1.29 is 81.3 Å². The van der Waals surface area contributed by atoms with Crippen molar-refractivity contribution in [2.24, 2.45) is 17.2 Å². The first-order valence-electron chi connectivity index (χ1n) is 10.5. The Bertz CT molecular complexity index is 629. The van der Waals surface area contributed by atoms with Crippen LogP contribution in [0.5, 0.6) is 0 Å². The molecule has 2 fully saturated rings. The van der Waals surface area contributed by atoms with Gasteiger partial charge in [0.15, 0.2) is 6.29 Å². The molecule has 0 bridgehead atoms. The summed E-state index contributed by atoms with van der Waals surface area (Å²) in [6.45, 7) is 0.971.